The molecule has 0 aliphatic rings. The van der Waals surface area contributed by atoms with E-state index in [0.29, 0.717) is 13.2 Å². The van der Waals surface area contributed by atoms with Crippen LogP contribution < -0.4 is 0 Å². The molecule has 0 aliphatic carbocycles. The maximum atomic E-state index is 9.94. The van der Waals surface area contributed by atoms with Crippen molar-refractivity contribution in [1.29, 1.82) is 0 Å². The number of likely N-dealkylation sites (N-methyl/N-ethyl adjacent to an activating group) is 1. The number of hydrogen-bond acceptors (Lipinski definition) is 4. The third kappa shape index (κ3) is 11.4. The molecule has 2 atom stereocenters. The molecule has 4 nitrogen and oxygen atoms in total. The predicted octanol–water partition coefficient (Wildman–Crippen LogP) is 1.75. The first-order valence-electron chi connectivity index (χ1n) is 7.03. The van der Waals surface area contributed by atoms with Crippen LogP contribution in [0.3, 0.4) is 0 Å². The summed E-state index contributed by atoms with van der Waals surface area (Å²) in [7, 11) is 1.96. The molecule has 0 spiro atoms. The van der Waals surface area contributed by atoms with E-state index < -0.39 is 12.2 Å². The van der Waals surface area contributed by atoms with Gasteiger partial charge in [-0.2, -0.15) is 0 Å². The lowest BCUT2D eigenvalue weighted by Crippen LogP contribution is -2.42. The van der Waals surface area contributed by atoms with E-state index in [1.54, 1.807) is 0 Å². The van der Waals surface area contributed by atoms with Crippen molar-refractivity contribution in [2.45, 2.75) is 53.8 Å². The highest BCUT2D eigenvalue weighted by Gasteiger charge is 2.22. The van der Waals surface area contributed by atoms with E-state index in [1.807, 2.05) is 11.9 Å². The van der Waals surface area contributed by atoms with E-state index in [4.69, 9.17) is 4.74 Å². The fraction of sp³-hybridized carbons (Fsp3) is 1.00. The molecular formula is C15H33NO3. The molecule has 116 valence electrons. The summed E-state index contributed by atoms with van der Waals surface area (Å²) in [5.74, 6) is 0. The highest BCUT2D eigenvalue weighted by Crippen LogP contribution is 2.15. The van der Waals surface area contributed by atoms with Gasteiger partial charge in [0.05, 0.1) is 19.3 Å². The number of hydrogen-bond donors (Lipinski definition) is 2. The third-order valence-corrected chi connectivity index (χ3v) is 2.51. The second-order valence-corrected chi connectivity index (χ2v) is 7.97. The molecule has 0 fully saturated rings. The number of ether oxygens (including phenoxy) is 1. The number of nitrogens with zero attached hydrogens (tertiary/aromatic N) is 1. The van der Waals surface area contributed by atoms with Gasteiger partial charge in [0, 0.05) is 13.1 Å². The van der Waals surface area contributed by atoms with Gasteiger partial charge in [-0.05, 0) is 17.9 Å². The van der Waals surface area contributed by atoms with Crippen LogP contribution in [-0.4, -0.2) is 60.7 Å². The van der Waals surface area contributed by atoms with E-state index in [1.165, 1.54) is 0 Å². The second kappa shape index (κ2) is 7.58. The van der Waals surface area contributed by atoms with Crippen molar-refractivity contribution in [2.24, 2.45) is 10.8 Å². The molecule has 0 saturated heterocycles. The van der Waals surface area contributed by atoms with Gasteiger partial charge in [0.25, 0.3) is 0 Å². The van der Waals surface area contributed by atoms with Gasteiger partial charge in [-0.25, -0.2) is 0 Å². The average molecular weight is 275 g/mol. The molecule has 0 bridgehead atoms. The number of rotatable bonds is 7. The Morgan fingerprint density at radius 3 is 1.89 bits per heavy atom. The van der Waals surface area contributed by atoms with Crippen LogP contribution in [0.4, 0.5) is 0 Å². The fourth-order valence-electron chi connectivity index (χ4n) is 1.91. The first kappa shape index (κ1) is 18.8. The van der Waals surface area contributed by atoms with Gasteiger partial charge in [-0.3, -0.25) is 0 Å². The quantitative estimate of drug-likeness (QED) is 0.743. The van der Waals surface area contributed by atoms with Gasteiger partial charge < -0.3 is 19.8 Å². The van der Waals surface area contributed by atoms with Crippen molar-refractivity contribution in [2.75, 3.05) is 33.4 Å². The zero-order valence-electron chi connectivity index (χ0n) is 13.7. The Balaban J connectivity index is 3.96. The molecule has 0 aromatic carbocycles. The third-order valence-electron chi connectivity index (χ3n) is 2.51. The topological polar surface area (TPSA) is 52.9 Å². The molecule has 0 aromatic heterocycles. The highest BCUT2D eigenvalue weighted by molar-refractivity contribution is 4.74. The zero-order chi connectivity index (χ0) is 15.3. The summed E-state index contributed by atoms with van der Waals surface area (Å²) in [4.78, 5) is 2.04. The molecule has 0 aliphatic heterocycles. The lowest BCUT2D eigenvalue weighted by Gasteiger charge is -2.29. The van der Waals surface area contributed by atoms with E-state index in [-0.39, 0.29) is 17.4 Å². The van der Waals surface area contributed by atoms with Crippen LogP contribution in [0.25, 0.3) is 0 Å². The number of aliphatic hydroxyl groups is 2. The lowest BCUT2D eigenvalue weighted by molar-refractivity contribution is -0.0595. The summed E-state index contributed by atoms with van der Waals surface area (Å²) in [6.45, 7) is 14.8. The number of aliphatic hydroxyl groups excluding tert-OH is 2. The van der Waals surface area contributed by atoms with Gasteiger partial charge in [-0.15, -0.1) is 0 Å². The smallest absolute Gasteiger partial charge is 0.104 e. The molecule has 4 heteroatoms. The van der Waals surface area contributed by atoms with Crippen LogP contribution in [0, 0.1) is 10.8 Å². The van der Waals surface area contributed by atoms with Crippen LogP contribution in [0.1, 0.15) is 41.5 Å². The molecule has 0 rings (SSSR count). The Labute approximate surface area is 118 Å². The maximum Gasteiger partial charge on any atom is 0.104 e. The van der Waals surface area contributed by atoms with Gasteiger partial charge in [-0.1, -0.05) is 41.5 Å². The van der Waals surface area contributed by atoms with Gasteiger partial charge in [0.15, 0.2) is 0 Å². The first-order valence-corrected chi connectivity index (χ1v) is 7.03. The highest BCUT2D eigenvalue weighted by atomic mass is 16.5. The SMILES string of the molecule is CN(CC(O)C(O)COCC(C)(C)C)CC(C)(C)C. The molecule has 0 aromatic rings. The average Bonchev–Trinajstić information content (AvgIpc) is 2.11. The molecular weight excluding hydrogens is 242 g/mol. The van der Waals surface area contributed by atoms with Crippen molar-refractivity contribution in [3.05, 3.63) is 0 Å². The molecule has 0 heterocycles. The largest absolute Gasteiger partial charge is 0.389 e. The van der Waals surface area contributed by atoms with E-state index >= 15 is 0 Å². The van der Waals surface area contributed by atoms with E-state index in [0.717, 1.165) is 6.54 Å². The van der Waals surface area contributed by atoms with Crippen molar-refractivity contribution >= 4 is 0 Å². The van der Waals surface area contributed by atoms with Crippen LogP contribution in [-0.2, 0) is 4.74 Å². The Morgan fingerprint density at radius 1 is 0.947 bits per heavy atom. The summed E-state index contributed by atoms with van der Waals surface area (Å²) < 4.78 is 5.43. The predicted molar refractivity (Wildman–Crippen MR) is 79.2 cm³/mol. The summed E-state index contributed by atoms with van der Waals surface area (Å²) >= 11 is 0. The summed E-state index contributed by atoms with van der Waals surface area (Å²) in [6, 6.07) is 0. The minimum atomic E-state index is -0.829. The fourth-order valence-corrected chi connectivity index (χ4v) is 1.91. The van der Waals surface area contributed by atoms with Crippen molar-refractivity contribution in [3.63, 3.8) is 0 Å². The van der Waals surface area contributed by atoms with Gasteiger partial charge in [0.1, 0.15) is 6.10 Å². The standard InChI is InChI=1S/C15H33NO3/c1-14(2,3)10-16(7)8-12(17)13(18)9-19-11-15(4,5)6/h12-13,17-18H,8-11H2,1-7H3. The molecule has 2 unspecified atom stereocenters. The first-order chi connectivity index (χ1) is 8.41. The van der Waals surface area contributed by atoms with Crippen LogP contribution in [0.5, 0.6) is 0 Å². The van der Waals surface area contributed by atoms with Crippen LogP contribution >= 0.6 is 0 Å². The lowest BCUT2D eigenvalue weighted by atomic mass is 9.96. The maximum absolute atomic E-state index is 9.94. The van der Waals surface area contributed by atoms with Crippen molar-refractivity contribution < 1.29 is 14.9 Å². The van der Waals surface area contributed by atoms with Crippen LogP contribution in [0.15, 0.2) is 0 Å². The zero-order valence-corrected chi connectivity index (χ0v) is 13.7. The van der Waals surface area contributed by atoms with Gasteiger partial charge >= 0.3 is 0 Å². The molecule has 0 radical (unpaired) electrons. The van der Waals surface area contributed by atoms with E-state index in [2.05, 4.69) is 41.5 Å². The van der Waals surface area contributed by atoms with E-state index in [9.17, 15) is 10.2 Å². The molecule has 19 heavy (non-hydrogen) atoms. The minimum Gasteiger partial charge on any atom is -0.389 e. The Hall–Kier alpha value is -0.160. The minimum absolute atomic E-state index is 0.0771. The Bertz CT molecular complexity index is 243. The van der Waals surface area contributed by atoms with Gasteiger partial charge in [0.2, 0.25) is 0 Å². The molecule has 2 N–H and O–H groups in total. The van der Waals surface area contributed by atoms with Crippen LogP contribution in [0.2, 0.25) is 0 Å². The Kier molecular flexibility index (Phi) is 7.51. The van der Waals surface area contributed by atoms with Crippen molar-refractivity contribution in [3.8, 4) is 0 Å². The Morgan fingerprint density at radius 2 is 1.47 bits per heavy atom. The molecule has 0 saturated carbocycles. The van der Waals surface area contributed by atoms with Crippen molar-refractivity contribution in [1.82, 2.24) is 4.90 Å². The monoisotopic (exact) mass is 275 g/mol. The summed E-state index contributed by atoms with van der Waals surface area (Å²) in [5, 5.41) is 19.8. The normalized spacial score (nSPS) is 16.7. The molecule has 0 amide bonds. The second-order valence-electron chi connectivity index (χ2n) is 7.97. The summed E-state index contributed by atoms with van der Waals surface area (Å²) in [5.41, 5.74) is 0.260. The summed E-state index contributed by atoms with van der Waals surface area (Å²) in [6.07, 6.45) is -1.60.